The number of rotatable bonds is 4. The molecule has 0 aliphatic carbocycles. The summed E-state index contributed by atoms with van der Waals surface area (Å²) < 4.78 is 9.20. The summed E-state index contributed by atoms with van der Waals surface area (Å²) in [6.45, 7) is 7.07. The lowest BCUT2D eigenvalue weighted by Crippen LogP contribution is -3.00. The van der Waals surface area contributed by atoms with E-state index in [4.69, 9.17) is 4.74 Å². The van der Waals surface area contributed by atoms with Crippen molar-refractivity contribution < 1.29 is 31.1 Å². The van der Waals surface area contributed by atoms with Gasteiger partial charge in [-0.3, -0.25) is 0 Å². The first-order chi connectivity index (χ1) is 7.87. The molecule has 0 aliphatic rings. The normalized spacial score (nSPS) is 10.7. The number of imidazole rings is 1. The number of nitrogens with zero attached hydrogens (tertiary/aromatic N) is 2. The second kappa shape index (κ2) is 7.41. The minimum Gasteiger partial charge on any atom is -1.00 e. The second-order valence-corrected chi connectivity index (χ2v) is 5.10. The van der Waals surface area contributed by atoms with Gasteiger partial charge in [0.2, 0.25) is 6.33 Å². The summed E-state index contributed by atoms with van der Waals surface area (Å²) in [7, 11) is 1.98. The van der Waals surface area contributed by atoms with Gasteiger partial charge in [-0.2, -0.15) is 0 Å². The molecule has 0 atom stereocenters. The van der Waals surface area contributed by atoms with Crippen LogP contribution < -0.4 is 26.9 Å². The van der Waals surface area contributed by atoms with Crippen molar-refractivity contribution in [3.8, 4) is 0 Å². The topological polar surface area (TPSA) is 47.1 Å². The monoisotopic (exact) mass is 319 g/mol. The van der Waals surface area contributed by atoms with Gasteiger partial charge in [0.1, 0.15) is 18.0 Å². The molecule has 0 radical (unpaired) electrons. The van der Waals surface area contributed by atoms with Crippen molar-refractivity contribution in [2.75, 3.05) is 6.54 Å². The standard InChI is InChI=1S/C12H21N3O2.BrH/c1-12(2,3)17-11(16)13-6-5-7-15-9-8-14(4)10-15;/h8-10H,5-7H2,1-4H3;1H. The fourth-order valence-corrected chi connectivity index (χ4v) is 1.40. The number of aryl methyl sites for hydroxylation is 2. The summed E-state index contributed by atoms with van der Waals surface area (Å²) in [6.07, 6.45) is 6.53. The number of hydrogen-bond acceptors (Lipinski definition) is 2. The molecule has 0 bridgehead atoms. The lowest BCUT2D eigenvalue weighted by Gasteiger charge is -2.19. The Hall–Kier alpha value is -1.04. The van der Waals surface area contributed by atoms with Crippen LogP contribution in [-0.4, -0.2) is 22.8 Å². The van der Waals surface area contributed by atoms with Crippen molar-refractivity contribution in [1.29, 1.82) is 0 Å². The zero-order valence-electron chi connectivity index (χ0n) is 11.4. The van der Waals surface area contributed by atoms with E-state index in [0.717, 1.165) is 13.0 Å². The third kappa shape index (κ3) is 7.32. The van der Waals surface area contributed by atoms with Crippen LogP contribution in [0.4, 0.5) is 4.79 Å². The average molecular weight is 320 g/mol. The number of carbonyl (C=O) groups excluding carboxylic acids is 1. The number of carbonyl (C=O) groups is 1. The molecule has 5 nitrogen and oxygen atoms in total. The van der Waals surface area contributed by atoms with Crippen LogP contribution >= 0.6 is 0 Å². The quantitative estimate of drug-likeness (QED) is 0.527. The zero-order valence-corrected chi connectivity index (χ0v) is 13.0. The van der Waals surface area contributed by atoms with Crippen LogP contribution in [0.15, 0.2) is 18.7 Å². The van der Waals surface area contributed by atoms with Gasteiger partial charge in [-0.15, -0.1) is 0 Å². The minimum absolute atomic E-state index is 0. The van der Waals surface area contributed by atoms with Crippen LogP contribution in [0, 0.1) is 0 Å². The predicted molar refractivity (Wildman–Crippen MR) is 64.5 cm³/mol. The summed E-state index contributed by atoms with van der Waals surface area (Å²) >= 11 is 0. The molecule has 6 heteroatoms. The molecule has 1 amide bonds. The molecule has 0 unspecified atom stereocenters. The van der Waals surface area contributed by atoms with Gasteiger partial charge < -0.3 is 27.0 Å². The van der Waals surface area contributed by atoms with Crippen molar-refractivity contribution in [3.63, 3.8) is 0 Å². The van der Waals surface area contributed by atoms with E-state index in [9.17, 15) is 4.79 Å². The van der Waals surface area contributed by atoms with E-state index >= 15 is 0 Å². The van der Waals surface area contributed by atoms with Gasteiger partial charge in [0.05, 0.1) is 13.6 Å². The van der Waals surface area contributed by atoms with Gasteiger partial charge in [0.25, 0.3) is 0 Å². The van der Waals surface area contributed by atoms with Gasteiger partial charge in [-0.25, -0.2) is 13.9 Å². The van der Waals surface area contributed by atoms with Crippen LogP contribution in [0.25, 0.3) is 0 Å². The maximum atomic E-state index is 11.3. The molecule has 0 aliphatic heterocycles. The minimum atomic E-state index is -0.432. The third-order valence-electron chi connectivity index (χ3n) is 2.09. The number of nitrogens with one attached hydrogen (secondary N) is 1. The molecule has 1 N–H and O–H groups in total. The van der Waals surface area contributed by atoms with E-state index in [0.29, 0.717) is 6.54 Å². The Balaban J connectivity index is 0.00000289. The fourth-order valence-electron chi connectivity index (χ4n) is 1.40. The van der Waals surface area contributed by atoms with Gasteiger partial charge in [0, 0.05) is 13.0 Å². The van der Waals surface area contributed by atoms with Crippen LogP contribution in [0.1, 0.15) is 27.2 Å². The molecular weight excluding hydrogens is 298 g/mol. The van der Waals surface area contributed by atoms with Gasteiger partial charge in [-0.05, 0) is 20.8 Å². The molecule has 1 aromatic rings. The summed E-state index contributed by atoms with van der Waals surface area (Å²) in [4.78, 5) is 11.3. The average Bonchev–Trinajstić information content (AvgIpc) is 2.56. The third-order valence-corrected chi connectivity index (χ3v) is 2.09. The summed E-state index contributed by atoms with van der Waals surface area (Å²) in [5.41, 5.74) is -0.432. The highest BCUT2D eigenvalue weighted by molar-refractivity contribution is 5.67. The molecule has 0 aromatic carbocycles. The number of ether oxygens (including phenoxy) is 1. The highest BCUT2D eigenvalue weighted by Gasteiger charge is 2.15. The molecular formula is C12H22BrN3O2. The number of amides is 1. The summed E-state index contributed by atoms with van der Waals surface area (Å²) in [5.74, 6) is 0. The maximum Gasteiger partial charge on any atom is 0.407 e. The Morgan fingerprint density at radius 1 is 1.44 bits per heavy atom. The maximum absolute atomic E-state index is 11.3. The Bertz CT molecular complexity index is 372. The Morgan fingerprint density at radius 3 is 2.61 bits per heavy atom. The van der Waals surface area contributed by atoms with Crippen molar-refractivity contribution in [2.24, 2.45) is 7.05 Å². The Labute approximate surface area is 119 Å². The van der Waals surface area contributed by atoms with E-state index in [-0.39, 0.29) is 23.1 Å². The molecule has 0 saturated heterocycles. The summed E-state index contributed by atoms with van der Waals surface area (Å²) in [6, 6.07) is 0. The predicted octanol–water partition coefficient (Wildman–Crippen LogP) is -1.77. The van der Waals surface area contributed by atoms with Crippen LogP contribution in [0.5, 0.6) is 0 Å². The van der Waals surface area contributed by atoms with Crippen LogP contribution in [-0.2, 0) is 18.3 Å². The molecule has 104 valence electrons. The molecule has 0 fully saturated rings. The second-order valence-electron chi connectivity index (χ2n) is 5.10. The van der Waals surface area contributed by atoms with Crippen molar-refractivity contribution in [2.45, 2.75) is 39.3 Å². The zero-order chi connectivity index (χ0) is 12.9. The number of hydrogen-bond donors (Lipinski definition) is 1. The Morgan fingerprint density at radius 2 is 2.11 bits per heavy atom. The van der Waals surface area contributed by atoms with Gasteiger partial charge in [0.15, 0.2) is 0 Å². The number of aromatic nitrogens is 2. The first-order valence-corrected chi connectivity index (χ1v) is 5.85. The van der Waals surface area contributed by atoms with E-state index in [1.54, 1.807) is 0 Å². The molecule has 0 saturated carbocycles. The molecule has 1 rings (SSSR count). The van der Waals surface area contributed by atoms with Crippen LogP contribution in [0.2, 0.25) is 0 Å². The SMILES string of the molecule is C[n+]1ccn(CCCNC(=O)OC(C)(C)C)c1.[Br-]. The van der Waals surface area contributed by atoms with Crippen molar-refractivity contribution >= 4 is 6.09 Å². The number of alkyl carbamates (subject to hydrolysis) is 1. The van der Waals surface area contributed by atoms with Crippen molar-refractivity contribution in [1.82, 2.24) is 9.88 Å². The molecule has 1 aromatic heterocycles. The lowest BCUT2D eigenvalue weighted by atomic mass is 10.2. The van der Waals surface area contributed by atoms with E-state index in [2.05, 4.69) is 9.88 Å². The Kier molecular flexibility index (Phi) is 6.98. The van der Waals surface area contributed by atoms with E-state index < -0.39 is 5.60 Å². The fraction of sp³-hybridized carbons (Fsp3) is 0.667. The van der Waals surface area contributed by atoms with E-state index in [1.165, 1.54) is 0 Å². The van der Waals surface area contributed by atoms with Gasteiger partial charge in [-0.1, -0.05) is 0 Å². The smallest absolute Gasteiger partial charge is 0.407 e. The van der Waals surface area contributed by atoms with Gasteiger partial charge >= 0.3 is 6.09 Å². The van der Waals surface area contributed by atoms with E-state index in [1.807, 2.05) is 51.1 Å². The summed E-state index contributed by atoms with van der Waals surface area (Å²) in [5, 5.41) is 2.73. The van der Waals surface area contributed by atoms with Crippen LogP contribution in [0.3, 0.4) is 0 Å². The number of halogens is 1. The molecule has 1 heterocycles. The highest BCUT2D eigenvalue weighted by Crippen LogP contribution is 2.06. The molecule has 18 heavy (non-hydrogen) atoms. The van der Waals surface area contributed by atoms with Crippen molar-refractivity contribution in [3.05, 3.63) is 18.7 Å². The lowest BCUT2D eigenvalue weighted by molar-refractivity contribution is -0.671. The first kappa shape index (κ1) is 17.0. The highest BCUT2D eigenvalue weighted by atomic mass is 79.9. The first-order valence-electron chi connectivity index (χ1n) is 5.85. The largest absolute Gasteiger partial charge is 1.00 e. The molecule has 0 spiro atoms.